The minimum atomic E-state index is 0.0492. The Morgan fingerprint density at radius 3 is 2.88 bits per heavy atom. The van der Waals surface area contributed by atoms with E-state index in [-0.39, 0.29) is 18.2 Å². The molecule has 0 bridgehead atoms. The lowest BCUT2D eigenvalue weighted by Crippen LogP contribution is -2.36. The molecule has 2 aromatic heterocycles. The molecule has 5 nitrogen and oxygen atoms in total. The molecular formula is C20H26N4OS. The topological polar surface area (TPSA) is 42.3 Å². The molecule has 0 aliphatic carbocycles. The molecule has 6 heteroatoms. The zero-order valence-corrected chi connectivity index (χ0v) is 16.2. The summed E-state index contributed by atoms with van der Waals surface area (Å²) in [7, 11) is 0. The Labute approximate surface area is 160 Å². The largest absolute Gasteiger partial charge is 0.376 e. The quantitative estimate of drug-likeness (QED) is 0.815. The summed E-state index contributed by atoms with van der Waals surface area (Å²) in [5, 5.41) is 4.30. The van der Waals surface area contributed by atoms with Crippen molar-refractivity contribution in [2.24, 2.45) is 0 Å². The third-order valence-electron chi connectivity index (χ3n) is 5.30. The van der Waals surface area contributed by atoms with E-state index in [0.717, 1.165) is 36.8 Å². The highest BCUT2D eigenvalue weighted by Crippen LogP contribution is 2.39. The average Bonchev–Trinajstić information content (AvgIpc) is 3.37. The Hall–Kier alpha value is -1.92. The van der Waals surface area contributed by atoms with Gasteiger partial charge in [-0.3, -0.25) is 4.98 Å². The van der Waals surface area contributed by atoms with Crippen LogP contribution >= 0.6 is 12.2 Å². The lowest BCUT2D eigenvalue weighted by molar-refractivity contribution is 0.0842. The maximum atomic E-state index is 5.88. The van der Waals surface area contributed by atoms with Crippen molar-refractivity contribution in [3.63, 3.8) is 0 Å². The molecule has 2 aliphatic rings. The minimum absolute atomic E-state index is 0.0492. The molecule has 0 spiro atoms. The van der Waals surface area contributed by atoms with Crippen LogP contribution in [0.15, 0.2) is 42.9 Å². The van der Waals surface area contributed by atoms with Gasteiger partial charge in [-0.1, -0.05) is 6.07 Å². The highest BCUT2D eigenvalue weighted by molar-refractivity contribution is 7.80. The van der Waals surface area contributed by atoms with Crippen LogP contribution in [0.25, 0.3) is 0 Å². The maximum Gasteiger partial charge on any atom is 0.170 e. The van der Waals surface area contributed by atoms with Crippen molar-refractivity contribution in [1.29, 1.82) is 0 Å². The van der Waals surface area contributed by atoms with E-state index in [4.69, 9.17) is 17.0 Å². The van der Waals surface area contributed by atoms with Crippen LogP contribution in [0.4, 0.5) is 0 Å². The number of aromatic nitrogens is 2. The molecule has 2 saturated heterocycles. The van der Waals surface area contributed by atoms with Gasteiger partial charge in [0, 0.05) is 37.8 Å². The Morgan fingerprint density at radius 2 is 2.23 bits per heavy atom. The summed E-state index contributed by atoms with van der Waals surface area (Å²) in [5.41, 5.74) is 2.28. The molecule has 0 amide bonds. The molecule has 138 valence electrons. The number of thiocarbonyl (C=S) groups is 1. The molecule has 26 heavy (non-hydrogen) atoms. The van der Waals surface area contributed by atoms with Gasteiger partial charge >= 0.3 is 0 Å². The lowest BCUT2D eigenvalue weighted by Gasteiger charge is -2.29. The molecule has 3 atom stereocenters. The molecule has 2 aliphatic heterocycles. The standard InChI is InChI=1S/C20H26N4OS/c1-14(2)23-10-8-15(12-23)19-18(17-7-3-4-9-21-17)22-20(26)24(19)13-16-6-5-11-25-16/h3-4,7-10,12,14,16,18-19H,5-6,11,13H2,1-2H3,(H,22,26)/t16-,18+,19+/m0/s1. The first-order valence-electron chi connectivity index (χ1n) is 9.40. The van der Waals surface area contributed by atoms with Crippen molar-refractivity contribution in [2.75, 3.05) is 13.2 Å². The van der Waals surface area contributed by atoms with Gasteiger partial charge in [-0.05, 0) is 62.7 Å². The summed E-state index contributed by atoms with van der Waals surface area (Å²) in [4.78, 5) is 6.89. The van der Waals surface area contributed by atoms with Gasteiger partial charge in [-0.25, -0.2) is 0 Å². The van der Waals surface area contributed by atoms with Gasteiger partial charge in [-0.2, -0.15) is 0 Å². The second-order valence-electron chi connectivity index (χ2n) is 7.40. The fourth-order valence-corrected chi connectivity index (χ4v) is 4.21. The number of nitrogens with zero attached hydrogens (tertiary/aromatic N) is 3. The summed E-state index contributed by atoms with van der Waals surface area (Å²) in [5.74, 6) is 0. The van der Waals surface area contributed by atoms with Crippen molar-refractivity contribution in [2.45, 2.75) is 50.9 Å². The molecule has 0 aromatic carbocycles. The molecule has 0 radical (unpaired) electrons. The predicted octanol–water partition coefficient (Wildman–Crippen LogP) is 3.62. The summed E-state index contributed by atoms with van der Waals surface area (Å²) in [6.45, 7) is 6.08. The Morgan fingerprint density at radius 1 is 1.35 bits per heavy atom. The van der Waals surface area contributed by atoms with Gasteiger partial charge in [0.05, 0.1) is 23.9 Å². The Kier molecular flexibility index (Phi) is 4.96. The third kappa shape index (κ3) is 3.35. The summed E-state index contributed by atoms with van der Waals surface area (Å²) >= 11 is 5.71. The minimum Gasteiger partial charge on any atom is -0.376 e. The zero-order chi connectivity index (χ0) is 18.1. The molecule has 0 saturated carbocycles. The first kappa shape index (κ1) is 17.5. The van der Waals surface area contributed by atoms with Gasteiger partial charge in [0.1, 0.15) is 0 Å². The van der Waals surface area contributed by atoms with Gasteiger partial charge in [0.2, 0.25) is 0 Å². The number of nitrogens with one attached hydrogen (secondary N) is 1. The van der Waals surface area contributed by atoms with Crippen molar-refractivity contribution in [3.8, 4) is 0 Å². The SMILES string of the molecule is CC(C)n1ccc([C@@H]2[C@@H](c3ccccn3)NC(=S)N2C[C@@H]2CCCO2)c1. The number of pyridine rings is 1. The van der Waals surface area contributed by atoms with Crippen LogP contribution in [0.2, 0.25) is 0 Å². The fraction of sp³-hybridized carbons (Fsp3) is 0.500. The van der Waals surface area contributed by atoms with E-state index in [9.17, 15) is 0 Å². The van der Waals surface area contributed by atoms with E-state index >= 15 is 0 Å². The number of hydrogen-bond acceptors (Lipinski definition) is 3. The number of rotatable bonds is 5. The van der Waals surface area contributed by atoms with E-state index in [0.29, 0.717) is 6.04 Å². The second-order valence-corrected chi connectivity index (χ2v) is 7.79. The van der Waals surface area contributed by atoms with Crippen LogP contribution in [-0.4, -0.2) is 38.8 Å². The van der Waals surface area contributed by atoms with Crippen molar-refractivity contribution < 1.29 is 4.74 Å². The molecular weight excluding hydrogens is 344 g/mol. The summed E-state index contributed by atoms with van der Waals surface area (Å²) in [6.07, 6.45) is 8.74. The molecule has 4 rings (SSSR count). The van der Waals surface area contributed by atoms with Crippen molar-refractivity contribution in [3.05, 3.63) is 54.1 Å². The zero-order valence-electron chi connectivity index (χ0n) is 15.3. The van der Waals surface area contributed by atoms with Crippen LogP contribution < -0.4 is 5.32 Å². The van der Waals surface area contributed by atoms with Crippen molar-refractivity contribution >= 4 is 17.3 Å². The van der Waals surface area contributed by atoms with Crippen LogP contribution in [0.1, 0.15) is 56.1 Å². The van der Waals surface area contributed by atoms with E-state index in [2.05, 4.69) is 58.1 Å². The van der Waals surface area contributed by atoms with E-state index in [1.54, 1.807) is 0 Å². The molecule has 2 aromatic rings. The lowest BCUT2D eigenvalue weighted by atomic mass is 9.99. The molecule has 0 unspecified atom stereocenters. The second kappa shape index (κ2) is 7.37. The summed E-state index contributed by atoms with van der Waals surface area (Å²) < 4.78 is 8.13. The Bertz CT molecular complexity index is 754. The van der Waals surface area contributed by atoms with Crippen LogP contribution in [0.3, 0.4) is 0 Å². The molecule has 4 heterocycles. The van der Waals surface area contributed by atoms with Gasteiger partial charge in [0.15, 0.2) is 5.11 Å². The van der Waals surface area contributed by atoms with E-state index in [1.165, 1.54) is 5.56 Å². The fourth-order valence-electron chi connectivity index (χ4n) is 3.90. The highest BCUT2D eigenvalue weighted by atomic mass is 32.1. The van der Waals surface area contributed by atoms with Gasteiger partial charge < -0.3 is 19.5 Å². The highest BCUT2D eigenvalue weighted by Gasteiger charge is 2.41. The number of ether oxygens (including phenoxy) is 1. The van der Waals surface area contributed by atoms with Crippen LogP contribution in [-0.2, 0) is 4.74 Å². The molecule has 2 fully saturated rings. The summed E-state index contributed by atoms with van der Waals surface area (Å²) in [6, 6.07) is 8.87. The number of hydrogen-bond donors (Lipinski definition) is 1. The van der Waals surface area contributed by atoms with Gasteiger partial charge in [0.25, 0.3) is 0 Å². The third-order valence-corrected chi connectivity index (χ3v) is 5.65. The van der Waals surface area contributed by atoms with Crippen molar-refractivity contribution in [1.82, 2.24) is 19.8 Å². The Balaban J connectivity index is 1.68. The smallest absolute Gasteiger partial charge is 0.170 e. The van der Waals surface area contributed by atoms with E-state index < -0.39 is 0 Å². The first-order chi connectivity index (χ1) is 12.6. The maximum absolute atomic E-state index is 5.88. The van der Waals surface area contributed by atoms with E-state index in [1.807, 2.05) is 18.3 Å². The molecule has 1 N–H and O–H groups in total. The predicted molar refractivity (Wildman–Crippen MR) is 106 cm³/mol. The monoisotopic (exact) mass is 370 g/mol. The van der Waals surface area contributed by atoms with Gasteiger partial charge in [-0.15, -0.1) is 0 Å². The van der Waals surface area contributed by atoms with Crippen LogP contribution in [0, 0.1) is 0 Å². The normalized spacial score (nSPS) is 25.9. The first-order valence-corrected chi connectivity index (χ1v) is 9.81. The van der Waals surface area contributed by atoms with Crippen LogP contribution in [0.5, 0.6) is 0 Å². The average molecular weight is 371 g/mol.